The summed E-state index contributed by atoms with van der Waals surface area (Å²) in [7, 11) is 0. The minimum atomic E-state index is -0.154. The van der Waals surface area contributed by atoms with E-state index in [0.29, 0.717) is 17.8 Å². The van der Waals surface area contributed by atoms with Crippen LogP contribution in [0.3, 0.4) is 0 Å². The molecule has 0 radical (unpaired) electrons. The minimum absolute atomic E-state index is 0.154. The van der Waals surface area contributed by atoms with Crippen LogP contribution in [-0.4, -0.2) is 20.7 Å². The van der Waals surface area contributed by atoms with Crippen LogP contribution in [0.1, 0.15) is 34.1 Å². The molecule has 1 amide bonds. The van der Waals surface area contributed by atoms with Gasteiger partial charge in [0.25, 0.3) is 5.91 Å². The second-order valence-corrected chi connectivity index (χ2v) is 5.79. The number of nitrogens with zero attached hydrogens (tertiary/aromatic N) is 3. The Morgan fingerprint density at radius 1 is 1.17 bits per heavy atom. The molecule has 2 aromatic heterocycles. The lowest BCUT2D eigenvalue weighted by Gasteiger charge is -2.09. The highest BCUT2D eigenvalue weighted by atomic mass is 16.1. The molecule has 0 fully saturated rings. The van der Waals surface area contributed by atoms with Crippen molar-refractivity contribution < 1.29 is 4.79 Å². The van der Waals surface area contributed by atoms with Crippen molar-refractivity contribution in [1.82, 2.24) is 14.8 Å². The fraction of sp³-hybridized carbons (Fsp3) is 0.211. The van der Waals surface area contributed by atoms with Gasteiger partial charge in [-0.05, 0) is 55.7 Å². The van der Waals surface area contributed by atoms with Crippen molar-refractivity contribution >= 4 is 11.6 Å². The summed E-state index contributed by atoms with van der Waals surface area (Å²) >= 11 is 0. The Bertz CT molecular complexity index is 848. The van der Waals surface area contributed by atoms with Crippen molar-refractivity contribution in [2.75, 3.05) is 5.32 Å². The number of benzene rings is 1. The van der Waals surface area contributed by atoms with Gasteiger partial charge in [-0.15, -0.1) is 0 Å². The highest BCUT2D eigenvalue weighted by Crippen LogP contribution is 2.18. The first-order valence-corrected chi connectivity index (χ1v) is 7.96. The number of hydrogen-bond acceptors (Lipinski definition) is 3. The van der Waals surface area contributed by atoms with E-state index in [1.54, 1.807) is 17.1 Å². The molecule has 3 rings (SSSR count). The number of aryl methyl sites for hydroxylation is 2. The van der Waals surface area contributed by atoms with Crippen LogP contribution in [-0.2, 0) is 6.42 Å². The maximum absolute atomic E-state index is 12.7. The first kappa shape index (κ1) is 15.9. The molecule has 1 N–H and O–H groups in total. The fourth-order valence-corrected chi connectivity index (χ4v) is 2.83. The average Bonchev–Trinajstić information content (AvgIpc) is 2.98. The van der Waals surface area contributed by atoms with Gasteiger partial charge < -0.3 is 5.32 Å². The minimum Gasteiger partial charge on any atom is -0.322 e. The number of carbonyl (C=O) groups excluding carboxylic acids is 1. The lowest BCUT2D eigenvalue weighted by molar-refractivity contribution is 0.102. The summed E-state index contributed by atoms with van der Waals surface area (Å²) in [5.41, 5.74) is 4.44. The fourth-order valence-electron chi connectivity index (χ4n) is 2.83. The highest BCUT2D eigenvalue weighted by Gasteiger charge is 2.17. The topological polar surface area (TPSA) is 59.8 Å². The molecule has 0 atom stereocenters. The van der Waals surface area contributed by atoms with Gasteiger partial charge in [0.15, 0.2) is 5.82 Å². The van der Waals surface area contributed by atoms with Crippen molar-refractivity contribution in [2.45, 2.75) is 27.2 Å². The highest BCUT2D eigenvalue weighted by molar-refractivity contribution is 6.05. The Morgan fingerprint density at radius 2 is 1.92 bits per heavy atom. The summed E-state index contributed by atoms with van der Waals surface area (Å²) < 4.78 is 1.72. The van der Waals surface area contributed by atoms with Gasteiger partial charge in [0.2, 0.25) is 0 Å². The molecule has 0 aliphatic heterocycles. The number of anilines is 1. The number of amides is 1. The van der Waals surface area contributed by atoms with Crippen molar-refractivity contribution in [3.05, 3.63) is 71.2 Å². The zero-order valence-electron chi connectivity index (χ0n) is 14.1. The maximum atomic E-state index is 12.7. The standard InChI is InChI=1S/C19H20N4O/c1-4-17-16(12-21-23(17)18-7-5-6-8-20-18)19(24)22-15-10-13(2)9-14(3)11-15/h5-12H,4H2,1-3H3,(H,22,24). The van der Waals surface area contributed by atoms with Crippen LogP contribution in [0, 0.1) is 13.8 Å². The molecular formula is C19H20N4O. The Labute approximate surface area is 141 Å². The van der Waals surface area contributed by atoms with Gasteiger partial charge >= 0.3 is 0 Å². The molecule has 0 aliphatic rings. The third-order valence-electron chi connectivity index (χ3n) is 3.79. The van der Waals surface area contributed by atoms with Crippen LogP contribution in [0.5, 0.6) is 0 Å². The molecule has 5 heteroatoms. The van der Waals surface area contributed by atoms with E-state index in [1.165, 1.54) is 0 Å². The van der Waals surface area contributed by atoms with E-state index in [9.17, 15) is 4.79 Å². The van der Waals surface area contributed by atoms with Gasteiger partial charge in [-0.2, -0.15) is 5.10 Å². The van der Waals surface area contributed by atoms with Gasteiger partial charge in [-0.3, -0.25) is 4.79 Å². The number of carbonyl (C=O) groups is 1. The van der Waals surface area contributed by atoms with E-state index < -0.39 is 0 Å². The smallest absolute Gasteiger partial charge is 0.259 e. The molecule has 5 nitrogen and oxygen atoms in total. The van der Waals surface area contributed by atoms with Gasteiger partial charge in [0.1, 0.15) is 0 Å². The third kappa shape index (κ3) is 3.20. The first-order valence-electron chi connectivity index (χ1n) is 7.96. The Balaban J connectivity index is 1.92. The Morgan fingerprint density at radius 3 is 2.54 bits per heavy atom. The number of hydrogen-bond donors (Lipinski definition) is 1. The second-order valence-electron chi connectivity index (χ2n) is 5.79. The Hall–Kier alpha value is -2.95. The average molecular weight is 320 g/mol. The molecule has 0 aliphatic carbocycles. The lowest BCUT2D eigenvalue weighted by atomic mass is 10.1. The Kier molecular flexibility index (Phi) is 4.42. The van der Waals surface area contributed by atoms with Crippen LogP contribution in [0.2, 0.25) is 0 Å². The van der Waals surface area contributed by atoms with Crippen LogP contribution < -0.4 is 5.32 Å². The van der Waals surface area contributed by atoms with E-state index in [2.05, 4.69) is 21.5 Å². The predicted octanol–water partition coefficient (Wildman–Crippen LogP) is 3.70. The van der Waals surface area contributed by atoms with Crippen LogP contribution in [0.4, 0.5) is 5.69 Å². The normalized spacial score (nSPS) is 10.6. The molecule has 122 valence electrons. The number of nitrogens with one attached hydrogen (secondary N) is 1. The molecule has 3 aromatic rings. The molecular weight excluding hydrogens is 300 g/mol. The molecule has 0 spiro atoms. The summed E-state index contributed by atoms with van der Waals surface area (Å²) in [6.07, 6.45) is 4.00. The molecule has 0 saturated heterocycles. The van der Waals surface area contributed by atoms with Crippen molar-refractivity contribution in [3.63, 3.8) is 0 Å². The quantitative estimate of drug-likeness (QED) is 0.797. The lowest BCUT2D eigenvalue weighted by Crippen LogP contribution is -2.14. The zero-order chi connectivity index (χ0) is 17.1. The van der Waals surface area contributed by atoms with Crippen molar-refractivity contribution in [2.24, 2.45) is 0 Å². The molecule has 0 saturated carbocycles. The molecule has 0 bridgehead atoms. The predicted molar refractivity (Wildman–Crippen MR) is 94.6 cm³/mol. The van der Waals surface area contributed by atoms with E-state index in [4.69, 9.17) is 0 Å². The molecule has 2 heterocycles. The monoisotopic (exact) mass is 320 g/mol. The van der Waals surface area contributed by atoms with E-state index in [0.717, 1.165) is 22.5 Å². The van der Waals surface area contributed by atoms with Crippen molar-refractivity contribution in [3.8, 4) is 5.82 Å². The summed E-state index contributed by atoms with van der Waals surface area (Å²) in [6.45, 7) is 6.03. The van der Waals surface area contributed by atoms with E-state index in [1.807, 2.05) is 51.1 Å². The maximum Gasteiger partial charge on any atom is 0.259 e. The third-order valence-corrected chi connectivity index (χ3v) is 3.79. The largest absolute Gasteiger partial charge is 0.322 e. The second kappa shape index (κ2) is 6.66. The van der Waals surface area contributed by atoms with Crippen LogP contribution >= 0.6 is 0 Å². The molecule has 24 heavy (non-hydrogen) atoms. The van der Waals surface area contributed by atoms with Gasteiger partial charge in [-0.25, -0.2) is 9.67 Å². The molecule has 0 unspecified atom stereocenters. The molecule has 1 aromatic carbocycles. The van der Waals surface area contributed by atoms with Gasteiger partial charge in [0.05, 0.1) is 17.5 Å². The first-order chi connectivity index (χ1) is 11.6. The summed E-state index contributed by atoms with van der Waals surface area (Å²) in [4.78, 5) is 17.0. The van der Waals surface area contributed by atoms with Crippen LogP contribution in [0.15, 0.2) is 48.8 Å². The summed E-state index contributed by atoms with van der Waals surface area (Å²) in [5.74, 6) is 0.554. The summed E-state index contributed by atoms with van der Waals surface area (Å²) in [5, 5.41) is 7.32. The number of rotatable bonds is 4. The van der Waals surface area contributed by atoms with Gasteiger partial charge in [-0.1, -0.05) is 19.1 Å². The van der Waals surface area contributed by atoms with Crippen LogP contribution in [0.25, 0.3) is 5.82 Å². The van der Waals surface area contributed by atoms with E-state index >= 15 is 0 Å². The number of aromatic nitrogens is 3. The zero-order valence-corrected chi connectivity index (χ0v) is 14.1. The van der Waals surface area contributed by atoms with Crippen molar-refractivity contribution in [1.29, 1.82) is 0 Å². The SMILES string of the molecule is CCc1c(C(=O)Nc2cc(C)cc(C)c2)cnn1-c1ccccn1. The van der Waals surface area contributed by atoms with E-state index in [-0.39, 0.29) is 5.91 Å². The van der Waals surface area contributed by atoms with Gasteiger partial charge in [0, 0.05) is 11.9 Å². The number of pyridine rings is 1. The summed E-state index contributed by atoms with van der Waals surface area (Å²) in [6, 6.07) is 11.6.